The number of hydrogen-bond acceptors (Lipinski definition) is 3. The first-order valence-corrected chi connectivity index (χ1v) is 8.18. The fourth-order valence-corrected chi connectivity index (χ4v) is 3.40. The molecule has 22 heavy (non-hydrogen) atoms. The van der Waals surface area contributed by atoms with Crippen molar-refractivity contribution in [3.63, 3.8) is 0 Å². The van der Waals surface area contributed by atoms with E-state index in [9.17, 15) is 5.26 Å². The zero-order valence-electron chi connectivity index (χ0n) is 13.2. The Morgan fingerprint density at radius 1 is 1.36 bits per heavy atom. The topological polar surface area (TPSA) is 45.1 Å². The molecule has 0 aliphatic carbocycles. The van der Waals surface area contributed by atoms with Crippen molar-refractivity contribution in [2.45, 2.75) is 51.7 Å². The molecule has 2 aromatic rings. The van der Waals surface area contributed by atoms with Gasteiger partial charge in [0, 0.05) is 19.3 Å². The Bertz CT molecular complexity index is 636. The second-order valence-electron chi connectivity index (χ2n) is 5.98. The zero-order chi connectivity index (χ0) is 15.4. The number of hydrogen-bond donors (Lipinski definition) is 0. The summed E-state index contributed by atoms with van der Waals surface area (Å²) in [6.45, 7) is 4.88. The Labute approximate surface area is 131 Å². The summed E-state index contributed by atoms with van der Waals surface area (Å²) in [5.41, 5.74) is 1.97. The molecule has 2 aromatic heterocycles. The standard InChI is InChI=1S/C18H23N3O/c1-2-20-13-15(11-16(20)12-19)14-21-9-5-3-4-7-17(21)18-8-6-10-22-18/h6,8,10-11,13,17H,2-5,7,9,14H2,1H3/t17-/m1/s1. The highest BCUT2D eigenvalue weighted by molar-refractivity contribution is 5.28. The molecule has 1 saturated heterocycles. The molecular weight excluding hydrogens is 274 g/mol. The molecule has 0 unspecified atom stereocenters. The van der Waals surface area contributed by atoms with Crippen LogP contribution in [0.15, 0.2) is 35.1 Å². The average molecular weight is 297 g/mol. The van der Waals surface area contributed by atoms with Gasteiger partial charge in [0.25, 0.3) is 0 Å². The van der Waals surface area contributed by atoms with Crippen LogP contribution in [0, 0.1) is 11.3 Å². The van der Waals surface area contributed by atoms with E-state index in [1.54, 1.807) is 6.26 Å². The Morgan fingerprint density at radius 3 is 2.95 bits per heavy atom. The molecule has 0 aromatic carbocycles. The largest absolute Gasteiger partial charge is 0.468 e. The van der Waals surface area contributed by atoms with Crippen LogP contribution in [0.1, 0.15) is 55.7 Å². The minimum atomic E-state index is 0.355. The van der Waals surface area contributed by atoms with Crippen LogP contribution in [0.5, 0.6) is 0 Å². The van der Waals surface area contributed by atoms with E-state index in [1.165, 1.54) is 24.8 Å². The van der Waals surface area contributed by atoms with Crippen molar-refractivity contribution in [3.05, 3.63) is 47.7 Å². The third-order valence-corrected chi connectivity index (χ3v) is 4.53. The lowest BCUT2D eigenvalue weighted by Crippen LogP contribution is -2.27. The number of rotatable bonds is 4. The molecule has 0 saturated carbocycles. The molecule has 1 atom stereocenters. The highest BCUT2D eigenvalue weighted by Crippen LogP contribution is 2.31. The van der Waals surface area contributed by atoms with Gasteiger partial charge in [-0.15, -0.1) is 0 Å². The molecule has 0 spiro atoms. The molecule has 1 aliphatic heterocycles. The third kappa shape index (κ3) is 3.10. The number of furan rings is 1. The van der Waals surface area contributed by atoms with Crippen LogP contribution in [0.2, 0.25) is 0 Å². The summed E-state index contributed by atoms with van der Waals surface area (Å²) in [5.74, 6) is 1.07. The van der Waals surface area contributed by atoms with Gasteiger partial charge < -0.3 is 8.98 Å². The van der Waals surface area contributed by atoms with Crippen molar-refractivity contribution in [1.29, 1.82) is 5.26 Å². The lowest BCUT2D eigenvalue weighted by molar-refractivity contribution is 0.169. The molecule has 4 nitrogen and oxygen atoms in total. The van der Waals surface area contributed by atoms with Crippen LogP contribution < -0.4 is 0 Å². The summed E-state index contributed by atoms with van der Waals surface area (Å²) >= 11 is 0. The first-order chi connectivity index (χ1) is 10.8. The van der Waals surface area contributed by atoms with Crippen molar-refractivity contribution in [3.8, 4) is 6.07 Å². The van der Waals surface area contributed by atoms with Crippen LogP contribution in [0.4, 0.5) is 0 Å². The van der Waals surface area contributed by atoms with E-state index in [-0.39, 0.29) is 0 Å². The summed E-state index contributed by atoms with van der Waals surface area (Å²) in [6, 6.07) is 8.71. The van der Waals surface area contributed by atoms with E-state index in [1.807, 2.05) is 16.7 Å². The second kappa shape index (κ2) is 6.85. The molecule has 3 heterocycles. The summed E-state index contributed by atoms with van der Waals surface area (Å²) in [7, 11) is 0. The van der Waals surface area contributed by atoms with Crippen LogP contribution >= 0.6 is 0 Å². The lowest BCUT2D eigenvalue weighted by atomic mass is 10.1. The molecule has 1 fully saturated rings. The first kappa shape index (κ1) is 14.9. The first-order valence-electron chi connectivity index (χ1n) is 8.18. The minimum Gasteiger partial charge on any atom is -0.468 e. The minimum absolute atomic E-state index is 0.355. The molecule has 0 radical (unpaired) electrons. The van der Waals surface area contributed by atoms with Crippen LogP contribution in [-0.2, 0) is 13.1 Å². The highest BCUT2D eigenvalue weighted by Gasteiger charge is 2.25. The van der Waals surface area contributed by atoms with E-state index >= 15 is 0 Å². The van der Waals surface area contributed by atoms with Gasteiger partial charge in [-0.25, -0.2) is 0 Å². The number of nitrogens with zero attached hydrogens (tertiary/aromatic N) is 3. The normalized spacial score (nSPS) is 19.7. The predicted molar refractivity (Wildman–Crippen MR) is 85.1 cm³/mol. The summed E-state index contributed by atoms with van der Waals surface area (Å²) in [6.07, 6.45) is 8.79. The maximum atomic E-state index is 9.22. The van der Waals surface area contributed by atoms with Crippen molar-refractivity contribution in [2.75, 3.05) is 6.54 Å². The number of likely N-dealkylation sites (tertiary alicyclic amines) is 1. The molecular formula is C18H23N3O. The van der Waals surface area contributed by atoms with E-state index in [2.05, 4.69) is 30.2 Å². The zero-order valence-corrected chi connectivity index (χ0v) is 13.2. The lowest BCUT2D eigenvalue weighted by Gasteiger charge is -2.28. The summed E-state index contributed by atoms with van der Waals surface area (Å²) in [5, 5.41) is 9.22. The van der Waals surface area contributed by atoms with E-state index in [0.717, 1.165) is 37.5 Å². The van der Waals surface area contributed by atoms with Gasteiger partial charge in [0.2, 0.25) is 0 Å². The molecule has 0 N–H and O–H groups in total. The number of nitriles is 1. The molecule has 0 bridgehead atoms. The second-order valence-corrected chi connectivity index (χ2v) is 5.98. The van der Waals surface area contributed by atoms with Crippen LogP contribution in [0.25, 0.3) is 0 Å². The number of aromatic nitrogens is 1. The maximum absolute atomic E-state index is 9.22. The summed E-state index contributed by atoms with van der Waals surface area (Å²) < 4.78 is 7.69. The van der Waals surface area contributed by atoms with Crippen molar-refractivity contribution in [2.24, 2.45) is 0 Å². The van der Waals surface area contributed by atoms with Gasteiger partial charge in [-0.2, -0.15) is 5.26 Å². The quantitative estimate of drug-likeness (QED) is 0.853. The fourth-order valence-electron chi connectivity index (χ4n) is 3.40. The Kier molecular flexibility index (Phi) is 4.65. The van der Waals surface area contributed by atoms with Gasteiger partial charge in [-0.05, 0) is 50.1 Å². The molecule has 1 aliphatic rings. The Hall–Kier alpha value is -1.99. The third-order valence-electron chi connectivity index (χ3n) is 4.53. The van der Waals surface area contributed by atoms with Crippen LogP contribution in [0.3, 0.4) is 0 Å². The van der Waals surface area contributed by atoms with E-state index in [4.69, 9.17) is 4.42 Å². The van der Waals surface area contributed by atoms with Gasteiger partial charge in [0.1, 0.15) is 17.5 Å². The fraction of sp³-hybridized carbons (Fsp3) is 0.500. The maximum Gasteiger partial charge on any atom is 0.120 e. The Balaban J connectivity index is 1.81. The summed E-state index contributed by atoms with van der Waals surface area (Å²) in [4.78, 5) is 2.50. The van der Waals surface area contributed by atoms with Gasteiger partial charge in [0.05, 0.1) is 12.3 Å². The van der Waals surface area contributed by atoms with E-state index in [0.29, 0.717) is 6.04 Å². The van der Waals surface area contributed by atoms with Crippen molar-refractivity contribution in [1.82, 2.24) is 9.47 Å². The molecule has 3 rings (SSSR count). The average Bonchev–Trinajstić information content (AvgIpc) is 3.14. The molecule has 4 heteroatoms. The van der Waals surface area contributed by atoms with E-state index < -0.39 is 0 Å². The van der Waals surface area contributed by atoms with Gasteiger partial charge in [0.15, 0.2) is 0 Å². The van der Waals surface area contributed by atoms with Gasteiger partial charge in [-0.3, -0.25) is 4.90 Å². The number of aryl methyl sites for hydroxylation is 1. The van der Waals surface area contributed by atoms with Gasteiger partial charge >= 0.3 is 0 Å². The highest BCUT2D eigenvalue weighted by atomic mass is 16.3. The predicted octanol–water partition coefficient (Wildman–Crippen LogP) is 4.09. The van der Waals surface area contributed by atoms with Crippen molar-refractivity contribution >= 4 is 0 Å². The Morgan fingerprint density at radius 2 is 2.27 bits per heavy atom. The smallest absolute Gasteiger partial charge is 0.120 e. The molecule has 0 amide bonds. The monoisotopic (exact) mass is 297 g/mol. The van der Waals surface area contributed by atoms with Crippen LogP contribution in [-0.4, -0.2) is 16.0 Å². The van der Waals surface area contributed by atoms with Gasteiger partial charge in [-0.1, -0.05) is 12.8 Å². The SMILES string of the molecule is CCn1cc(CN2CCCCC[C@@H]2c2ccco2)cc1C#N. The van der Waals surface area contributed by atoms with Crippen molar-refractivity contribution < 1.29 is 4.42 Å². The molecule has 116 valence electrons.